The molecule has 2 aromatic rings. The Morgan fingerprint density at radius 1 is 0.939 bits per heavy atom. The molecule has 0 N–H and O–H groups in total. The van der Waals surface area contributed by atoms with Crippen LogP contribution in [0.15, 0.2) is 42.5 Å². The molecule has 1 atom stereocenters. The molecule has 1 unspecified atom stereocenters. The largest absolute Gasteiger partial charge is 0.465 e. The van der Waals surface area contributed by atoms with Gasteiger partial charge < -0.3 is 18.5 Å². The fourth-order valence-corrected chi connectivity index (χ4v) is 6.52. The normalized spacial score (nSPS) is 17.7. The van der Waals surface area contributed by atoms with E-state index in [4.69, 9.17) is 18.5 Å². The van der Waals surface area contributed by atoms with Gasteiger partial charge in [-0.3, -0.25) is 4.57 Å². The number of carbonyl (C=O) groups excluding carboxylic acids is 2. The highest BCUT2D eigenvalue weighted by Gasteiger charge is 2.48. The molecule has 1 heterocycles. The third kappa shape index (κ3) is 4.77. The molecule has 0 aliphatic carbocycles. The average molecular weight is 474 g/mol. The summed E-state index contributed by atoms with van der Waals surface area (Å²) in [6.07, 6.45) is 1.65. The third-order valence-electron chi connectivity index (χ3n) is 6.55. The van der Waals surface area contributed by atoms with Gasteiger partial charge in [0.1, 0.15) is 5.66 Å². The zero-order valence-electron chi connectivity index (χ0n) is 19.8. The monoisotopic (exact) mass is 474 g/mol. The molecule has 0 amide bonds. The summed E-state index contributed by atoms with van der Waals surface area (Å²) in [5.74, 6) is -1.41. The first kappa shape index (κ1) is 25.2. The number of rotatable bonds is 7. The molecule has 1 saturated heterocycles. The first-order chi connectivity index (χ1) is 15.8. The Labute approximate surface area is 194 Å². The lowest BCUT2D eigenvalue weighted by molar-refractivity contribution is 0.00966. The SMILES string of the molecule is CCC1(CC)COP(=O)(C(c2ccccc2)c2ccc(C)c(C(=O)OC)c2C(=O)OC)OC1. The second kappa shape index (κ2) is 10.2. The maximum absolute atomic E-state index is 14.2. The van der Waals surface area contributed by atoms with Crippen molar-refractivity contribution >= 4 is 19.5 Å². The van der Waals surface area contributed by atoms with Crippen molar-refractivity contribution in [3.05, 3.63) is 70.3 Å². The van der Waals surface area contributed by atoms with Crippen LogP contribution in [0.25, 0.3) is 0 Å². The van der Waals surface area contributed by atoms with Crippen LogP contribution in [0.2, 0.25) is 0 Å². The molecule has 0 bridgehead atoms. The minimum absolute atomic E-state index is 0.00319. The van der Waals surface area contributed by atoms with Crippen LogP contribution in [0.1, 0.15) is 69.8 Å². The highest BCUT2D eigenvalue weighted by atomic mass is 31.2. The molecule has 7 nitrogen and oxygen atoms in total. The van der Waals surface area contributed by atoms with Gasteiger partial charge in [-0.1, -0.05) is 56.3 Å². The van der Waals surface area contributed by atoms with Crippen molar-refractivity contribution in [2.45, 2.75) is 39.3 Å². The standard InChI is InChI=1S/C25H31O7P/c1-6-25(7-2)15-31-33(28,32-16-25)22(18-11-9-8-10-12-18)19-14-13-17(3)20(23(26)29-4)21(19)24(27)30-5/h8-14,22H,6-7,15-16H2,1-5H3. The number of aryl methyl sites for hydroxylation is 1. The van der Waals surface area contributed by atoms with Gasteiger partial charge in [-0.2, -0.15) is 0 Å². The van der Waals surface area contributed by atoms with Crippen molar-refractivity contribution in [1.82, 2.24) is 0 Å². The van der Waals surface area contributed by atoms with E-state index in [0.717, 1.165) is 12.8 Å². The van der Waals surface area contributed by atoms with Crippen LogP contribution in [0, 0.1) is 12.3 Å². The van der Waals surface area contributed by atoms with Crippen molar-refractivity contribution in [3.8, 4) is 0 Å². The predicted octanol–water partition coefficient (Wildman–Crippen LogP) is 5.70. The first-order valence-corrected chi connectivity index (χ1v) is 12.6. The highest BCUT2D eigenvalue weighted by molar-refractivity contribution is 7.54. The van der Waals surface area contributed by atoms with Gasteiger partial charge in [-0.25, -0.2) is 9.59 Å². The van der Waals surface area contributed by atoms with Crippen molar-refractivity contribution in [1.29, 1.82) is 0 Å². The van der Waals surface area contributed by atoms with Gasteiger partial charge in [0.25, 0.3) is 0 Å². The van der Waals surface area contributed by atoms with E-state index in [1.807, 2.05) is 18.2 Å². The van der Waals surface area contributed by atoms with Crippen molar-refractivity contribution in [2.75, 3.05) is 27.4 Å². The summed E-state index contributed by atoms with van der Waals surface area (Å²) >= 11 is 0. The summed E-state index contributed by atoms with van der Waals surface area (Å²) in [5, 5.41) is 0. The van der Waals surface area contributed by atoms with Crippen LogP contribution in [0.3, 0.4) is 0 Å². The maximum Gasteiger partial charge on any atom is 0.342 e. The molecule has 178 valence electrons. The fourth-order valence-electron chi connectivity index (χ4n) is 4.15. The van der Waals surface area contributed by atoms with Crippen LogP contribution in [-0.4, -0.2) is 39.4 Å². The Hall–Kier alpha value is -2.47. The Balaban J connectivity index is 2.25. The first-order valence-electron chi connectivity index (χ1n) is 11.0. The molecule has 3 rings (SSSR count). The van der Waals surface area contributed by atoms with Gasteiger partial charge in [0.05, 0.1) is 38.6 Å². The fraction of sp³-hybridized carbons (Fsp3) is 0.440. The van der Waals surface area contributed by atoms with E-state index in [9.17, 15) is 14.2 Å². The van der Waals surface area contributed by atoms with E-state index in [2.05, 4.69) is 13.8 Å². The van der Waals surface area contributed by atoms with Crippen molar-refractivity contribution in [3.63, 3.8) is 0 Å². The molecule has 1 aliphatic rings. The van der Waals surface area contributed by atoms with Crippen LogP contribution >= 0.6 is 7.60 Å². The summed E-state index contributed by atoms with van der Waals surface area (Å²) in [6.45, 7) is 6.37. The van der Waals surface area contributed by atoms with Crippen LogP contribution in [0.4, 0.5) is 0 Å². The van der Waals surface area contributed by atoms with E-state index < -0.39 is 25.2 Å². The number of methoxy groups -OCH3 is 2. The van der Waals surface area contributed by atoms with Gasteiger partial charge in [0, 0.05) is 5.41 Å². The predicted molar refractivity (Wildman–Crippen MR) is 125 cm³/mol. The van der Waals surface area contributed by atoms with E-state index in [1.165, 1.54) is 14.2 Å². The van der Waals surface area contributed by atoms with Gasteiger partial charge in [-0.05, 0) is 36.5 Å². The quantitative estimate of drug-likeness (QED) is 0.375. The lowest BCUT2D eigenvalue weighted by atomic mass is 9.84. The maximum atomic E-state index is 14.2. The smallest absolute Gasteiger partial charge is 0.342 e. The molecule has 33 heavy (non-hydrogen) atoms. The second-order valence-corrected chi connectivity index (χ2v) is 10.4. The van der Waals surface area contributed by atoms with Gasteiger partial charge >= 0.3 is 19.5 Å². The Morgan fingerprint density at radius 3 is 2.00 bits per heavy atom. The van der Waals surface area contributed by atoms with Crippen LogP contribution < -0.4 is 0 Å². The van der Waals surface area contributed by atoms with E-state index in [-0.39, 0.29) is 29.8 Å². The number of esters is 2. The molecule has 1 aliphatic heterocycles. The molecular weight excluding hydrogens is 443 g/mol. The number of ether oxygens (including phenoxy) is 2. The summed E-state index contributed by atoms with van der Waals surface area (Å²) in [6, 6.07) is 12.5. The summed E-state index contributed by atoms with van der Waals surface area (Å²) in [7, 11) is -1.30. The molecular formula is C25H31O7P. The molecule has 0 aromatic heterocycles. The third-order valence-corrected chi connectivity index (χ3v) is 8.74. The minimum atomic E-state index is -3.78. The Morgan fingerprint density at radius 2 is 1.48 bits per heavy atom. The molecule has 2 aromatic carbocycles. The van der Waals surface area contributed by atoms with Crippen LogP contribution in [-0.2, 0) is 23.1 Å². The molecule has 1 fully saturated rings. The zero-order chi connectivity index (χ0) is 24.2. The molecule has 0 spiro atoms. The Bertz CT molecular complexity index is 1050. The van der Waals surface area contributed by atoms with E-state index in [1.54, 1.807) is 31.2 Å². The topological polar surface area (TPSA) is 88.1 Å². The van der Waals surface area contributed by atoms with E-state index >= 15 is 0 Å². The minimum Gasteiger partial charge on any atom is -0.465 e. The number of hydrogen-bond acceptors (Lipinski definition) is 7. The Kier molecular flexibility index (Phi) is 7.78. The zero-order valence-corrected chi connectivity index (χ0v) is 20.6. The number of hydrogen-bond donors (Lipinski definition) is 0. The lowest BCUT2D eigenvalue weighted by Crippen LogP contribution is -2.35. The lowest BCUT2D eigenvalue weighted by Gasteiger charge is -2.41. The molecule has 8 heteroatoms. The summed E-state index contributed by atoms with van der Waals surface area (Å²) < 4.78 is 36.3. The van der Waals surface area contributed by atoms with Crippen molar-refractivity contribution in [2.24, 2.45) is 5.41 Å². The number of benzene rings is 2. The second-order valence-electron chi connectivity index (χ2n) is 8.31. The molecule has 0 radical (unpaired) electrons. The number of carbonyl (C=O) groups is 2. The van der Waals surface area contributed by atoms with Crippen LogP contribution in [0.5, 0.6) is 0 Å². The van der Waals surface area contributed by atoms with Gasteiger partial charge in [0.15, 0.2) is 0 Å². The summed E-state index contributed by atoms with van der Waals surface area (Å²) in [4.78, 5) is 25.6. The van der Waals surface area contributed by atoms with Gasteiger partial charge in [0.2, 0.25) is 0 Å². The molecule has 0 saturated carbocycles. The average Bonchev–Trinajstić information content (AvgIpc) is 2.85. The highest BCUT2D eigenvalue weighted by Crippen LogP contribution is 2.67. The summed E-state index contributed by atoms with van der Waals surface area (Å²) in [5.41, 5.74) is 0.450. The van der Waals surface area contributed by atoms with Crippen molar-refractivity contribution < 1.29 is 32.7 Å². The van der Waals surface area contributed by atoms with Gasteiger partial charge in [-0.15, -0.1) is 0 Å². The van der Waals surface area contributed by atoms with E-state index in [0.29, 0.717) is 16.7 Å².